The van der Waals surface area contributed by atoms with Gasteiger partial charge in [0.15, 0.2) is 6.04 Å². The molecule has 1 saturated heterocycles. The summed E-state index contributed by atoms with van der Waals surface area (Å²) in [5, 5.41) is 10.6. The molecule has 0 aromatic rings. The third-order valence-corrected chi connectivity index (χ3v) is 1.17. The Labute approximate surface area is 52.4 Å². The molecule has 1 N–H and O–H groups in total. The number of alkyl carbamates (subject to hydrolysis) is 1. The van der Waals surface area contributed by atoms with Crippen LogP contribution in [0.4, 0.5) is 4.79 Å². The van der Waals surface area contributed by atoms with Crippen molar-refractivity contribution in [2.75, 3.05) is 0 Å². The molecule has 1 aliphatic rings. The van der Waals surface area contributed by atoms with Crippen molar-refractivity contribution in [2.45, 2.75) is 19.1 Å². The van der Waals surface area contributed by atoms with Gasteiger partial charge in [0.05, 0.1) is 6.07 Å². The van der Waals surface area contributed by atoms with Crippen molar-refractivity contribution in [1.29, 1.82) is 5.26 Å². The fraction of sp³-hybridized carbons (Fsp3) is 0.600. The number of ether oxygens (including phenoxy) is 1. The molecular formula is C5H6N2O2. The van der Waals surface area contributed by atoms with Crippen LogP contribution in [0.3, 0.4) is 0 Å². The van der Waals surface area contributed by atoms with Crippen molar-refractivity contribution < 1.29 is 9.53 Å². The van der Waals surface area contributed by atoms with E-state index in [9.17, 15) is 4.79 Å². The molecule has 0 spiro atoms. The van der Waals surface area contributed by atoms with Gasteiger partial charge in [-0.15, -0.1) is 0 Å². The minimum atomic E-state index is -0.506. The van der Waals surface area contributed by atoms with E-state index in [4.69, 9.17) is 5.26 Å². The molecule has 0 aromatic carbocycles. The number of nitrogens with zero attached hydrogens (tertiary/aromatic N) is 1. The van der Waals surface area contributed by atoms with E-state index in [-0.39, 0.29) is 6.10 Å². The highest BCUT2D eigenvalue weighted by molar-refractivity contribution is 5.70. The smallest absolute Gasteiger partial charge is 0.408 e. The number of cyclic esters (lactones) is 1. The summed E-state index contributed by atoms with van der Waals surface area (Å²) < 4.78 is 4.59. The number of hydrogen-bond acceptors (Lipinski definition) is 3. The number of hydrogen-bond donors (Lipinski definition) is 1. The van der Waals surface area contributed by atoms with Crippen molar-refractivity contribution in [3.8, 4) is 6.07 Å². The minimum absolute atomic E-state index is 0.317. The van der Waals surface area contributed by atoms with E-state index in [1.54, 1.807) is 6.92 Å². The van der Waals surface area contributed by atoms with Gasteiger partial charge in [-0.3, -0.25) is 0 Å². The quantitative estimate of drug-likeness (QED) is 0.497. The van der Waals surface area contributed by atoms with Crippen molar-refractivity contribution in [3.05, 3.63) is 0 Å². The average molecular weight is 126 g/mol. The van der Waals surface area contributed by atoms with Crippen molar-refractivity contribution in [3.63, 3.8) is 0 Å². The lowest BCUT2D eigenvalue weighted by molar-refractivity contribution is 0.145. The van der Waals surface area contributed by atoms with E-state index in [0.29, 0.717) is 0 Å². The SMILES string of the molecule is C[C@@H]1OC(=O)N[C@H]1C#N. The van der Waals surface area contributed by atoms with Crippen LogP contribution < -0.4 is 5.32 Å². The highest BCUT2D eigenvalue weighted by Crippen LogP contribution is 2.05. The number of rotatable bonds is 0. The first-order valence-electron chi connectivity index (χ1n) is 2.61. The largest absolute Gasteiger partial charge is 0.443 e. The predicted molar refractivity (Wildman–Crippen MR) is 28.5 cm³/mol. The maximum Gasteiger partial charge on any atom is 0.408 e. The van der Waals surface area contributed by atoms with E-state index in [0.717, 1.165) is 0 Å². The first-order chi connectivity index (χ1) is 4.24. The summed E-state index contributed by atoms with van der Waals surface area (Å²) in [6.07, 6.45) is -0.823. The van der Waals surface area contributed by atoms with Crippen LogP contribution in [0.25, 0.3) is 0 Å². The minimum Gasteiger partial charge on any atom is -0.443 e. The molecular weight excluding hydrogens is 120 g/mol. The number of carbonyl (C=O) groups is 1. The summed E-state index contributed by atoms with van der Waals surface area (Å²) in [7, 11) is 0. The molecule has 1 aliphatic heterocycles. The molecule has 4 nitrogen and oxygen atoms in total. The van der Waals surface area contributed by atoms with E-state index in [1.165, 1.54) is 0 Å². The Hall–Kier alpha value is -1.24. The summed E-state index contributed by atoms with van der Waals surface area (Å²) in [6, 6.07) is 1.41. The van der Waals surface area contributed by atoms with Gasteiger partial charge in [-0.25, -0.2) is 4.79 Å². The maximum atomic E-state index is 10.3. The highest BCUT2D eigenvalue weighted by Gasteiger charge is 2.29. The third-order valence-electron chi connectivity index (χ3n) is 1.17. The molecule has 0 aromatic heterocycles. The fourth-order valence-corrected chi connectivity index (χ4v) is 0.652. The van der Waals surface area contributed by atoms with E-state index < -0.39 is 12.1 Å². The van der Waals surface area contributed by atoms with Crippen LogP contribution >= 0.6 is 0 Å². The lowest BCUT2D eigenvalue weighted by Gasteiger charge is -1.99. The first kappa shape index (κ1) is 5.89. The van der Waals surface area contributed by atoms with Crippen LogP contribution in [0.5, 0.6) is 0 Å². The Morgan fingerprint density at radius 1 is 1.89 bits per heavy atom. The summed E-state index contributed by atoms with van der Waals surface area (Å²) >= 11 is 0. The lowest BCUT2D eigenvalue weighted by atomic mass is 10.2. The number of nitriles is 1. The van der Waals surface area contributed by atoms with Gasteiger partial charge in [0.1, 0.15) is 6.10 Å². The van der Waals surface area contributed by atoms with Crippen LogP contribution in [-0.2, 0) is 4.74 Å². The summed E-state index contributed by atoms with van der Waals surface area (Å²) in [4.78, 5) is 10.3. The zero-order chi connectivity index (χ0) is 6.85. The monoisotopic (exact) mass is 126 g/mol. The number of nitrogens with one attached hydrogen (secondary N) is 1. The Balaban J connectivity index is 2.60. The van der Waals surface area contributed by atoms with E-state index in [2.05, 4.69) is 10.1 Å². The van der Waals surface area contributed by atoms with Crippen LogP contribution in [0, 0.1) is 11.3 Å². The normalized spacial score (nSPS) is 32.7. The molecule has 48 valence electrons. The summed E-state index contributed by atoms with van der Waals surface area (Å²) in [5.74, 6) is 0. The number of amides is 1. The molecule has 2 atom stereocenters. The molecule has 0 saturated carbocycles. The molecule has 1 amide bonds. The van der Waals surface area contributed by atoms with Gasteiger partial charge in [-0.2, -0.15) is 5.26 Å². The van der Waals surface area contributed by atoms with Gasteiger partial charge >= 0.3 is 6.09 Å². The Morgan fingerprint density at radius 3 is 2.78 bits per heavy atom. The highest BCUT2D eigenvalue weighted by atomic mass is 16.6. The van der Waals surface area contributed by atoms with Gasteiger partial charge < -0.3 is 10.1 Å². The van der Waals surface area contributed by atoms with Gasteiger partial charge in [0.2, 0.25) is 0 Å². The van der Waals surface area contributed by atoms with Crippen molar-refractivity contribution in [2.24, 2.45) is 0 Å². The molecule has 4 heteroatoms. The molecule has 9 heavy (non-hydrogen) atoms. The molecule has 0 radical (unpaired) electrons. The summed E-state index contributed by atoms with van der Waals surface area (Å²) in [5.41, 5.74) is 0. The summed E-state index contributed by atoms with van der Waals surface area (Å²) in [6.45, 7) is 1.67. The maximum absolute atomic E-state index is 10.3. The van der Waals surface area contributed by atoms with Crippen molar-refractivity contribution in [1.82, 2.24) is 5.32 Å². The molecule has 0 unspecified atom stereocenters. The standard InChI is InChI=1S/C5H6N2O2/c1-3-4(2-6)7-5(8)9-3/h3-4H,1H3,(H,7,8)/t3-,4-/m0/s1. The molecule has 1 heterocycles. The molecule has 0 aliphatic carbocycles. The third kappa shape index (κ3) is 0.941. The first-order valence-corrected chi connectivity index (χ1v) is 2.61. The Bertz CT molecular complexity index is 172. The molecule has 1 fully saturated rings. The second-order valence-corrected chi connectivity index (χ2v) is 1.86. The van der Waals surface area contributed by atoms with E-state index >= 15 is 0 Å². The van der Waals surface area contributed by atoms with E-state index in [1.807, 2.05) is 6.07 Å². The van der Waals surface area contributed by atoms with Gasteiger partial charge in [0.25, 0.3) is 0 Å². The second kappa shape index (κ2) is 1.94. The topological polar surface area (TPSA) is 62.1 Å². The average Bonchev–Trinajstić information content (AvgIpc) is 2.10. The second-order valence-electron chi connectivity index (χ2n) is 1.86. The predicted octanol–water partition coefficient (Wildman–Crippen LogP) is 0.00688. The van der Waals surface area contributed by atoms with Crippen LogP contribution in [0.1, 0.15) is 6.92 Å². The zero-order valence-corrected chi connectivity index (χ0v) is 4.92. The van der Waals surface area contributed by atoms with Crippen LogP contribution in [0.15, 0.2) is 0 Å². The fourth-order valence-electron chi connectivity index (χ4n) is 0.652. The van der Waals surface area contributed by atoms with Crippen molar-refractivity contribution >= 4 is 6.09 Å². The van der Waals surface area contributed by atoms with Crippen LogP contribution in [0.2, 0.25) is 0 Å². The molecule has 1 rings (SSSR count). The van der Waals surface area contributed by atoms with Gasteiger partial charge in [-0.1, -0.05) is 0 Å². The Kier molecular flexibility index (Phi) is 1.27. The van der Waals surface area contributed by atoms with Gasteiger partial charge in [-0.05, 0) is 6.92 Å². The van der Waals surface area contributed by atoms with Gasteiger partial charge in [0, 0.05) is 0 Å². The van der Waals surface area contributed by atoms with Crippen LogP contribution in [-0.4, -0.2) is 18.2 Å². The lowest BCUT2D eigenvalue weighted by Crippen LogP contribution is -2.27. The molecule has 0 bridgehead atoms. The zero-order valence-electron chi connectivity index (χ0n) is 4.92. The number of carbonyl (C=O) groups excluding carboxylic acids is 1. The Morgan fingerprint density at radius 2 is 2.56 bits per heavy atom.